The standard InChI is InChI=1S/C13H16O2S/c14-13(10-4-2-1-3-5-10)8-11-6-7-12(9-13)16(11)15/h1-5,11-12,14H,6-9H2. The molecule has 2 nitrogen and oxygen atoms in total. The lowest BCUT2D eigenvalue weighted by molar-refractivity contribution is 0.0185. The van der Waals surface area contributed by atoms with E-state index in [1.807, 2.05) is 30.3 Å². The van der Waals surface area contributed by atoms with Crippen LogP contribution in [0.15, 0.2) is 30.3 Å². The fourth-order valence-corrected chi connectivity index (χ4v) is 5.23. The van der Waals surface area contributed by atoms with E-state index in [0.717, 1.165) is 18.4 Å². The van der Waals surface area contributed by atoms with E-state index in [2.05, 4.69) is 0 Å². The molecule has 3 heteroatoms. The van der Waals surface area contributed by atoms with Gasteiger partial charge in [-0.25, -0.2) is 0 Å². The number of rotatable bonds is 1. The van der Waals surface area contributed by atoms with E-state index >= 15 is 0 Å². The highest BCUT2D eigenvalue weighted by atomic mass is 32.2. The van der Waals surface area contributed by atoms with Crippen molar-refractivity contribution in [2.45, 2.75) is 41.8 Å². The van der Waals surface area contributed by atoms with Crippen molar-refractivity contribution in [3.8, 4) is 0 Å². The van der Waals surface area contributed by atoms with E-state index in [0.29, 0.717) is 12.8 Å². The predicted molar refractivity (Wildman–Crippen MR) is 64.5 cm³/mol. The first-order valence-corrected chi connectivity index (χ1v) is 7.14. The molecule has 2 heterocycles. The van der Waals surface area contributed by atoms with Crippen LogP contribution in [-0.2, 0) is 16.4 Å². The highest BCUT2D eigenvalue weighted by Crippen LogP contribution is 2.45. The summed E-state index contributed by atoms with van der Waals surface area (Å²) in [5, 5.41) is 11.1. The molecule has 0 aliphatic carbocycles. The second-order valence-corrected chi connectivity index (χ2v) is 6.95. The molecule has 1 aromatic carbocycles. The molecule has 86 valence electrons. The Hall–Kier alpha value is -0.670. The molecule has 2 fully saturated rings. The van der Waals surface area contributed by atoms with Gasteiger partial charge in [-0.05, 0) is 31.2 Å². The van der Waals surface area contributed by atoms with Crippen molar-refractivity contribution in [3.05, 3.63) is 35.9 Å². The first-order chi connectivity index (χ1) is 7.69. The Kier molecular flexibility index (Phi) is 2.41. The zero-order chi connectivity index (χ0) is 11.2. The van der Waals surface area contributed by atoms with Crippen molar-refractivity contribution in [1.82, 2.24) is 0 Å². The van der Waals surface area contributed by atoms with E-state index in [1.165, 1.54) is 0 Å². The minimum Gasteiger partial charge on any atom is -0.385 e. The predicted octanol–water partition coefficient (Wildman–Crippen LogP) is 1.95. The molecule has 2 aliphatic rings. The molecular formula is C13H16O2S. The van der Waals surface area contributed by atoms with Crippen molar-refractivity contribution < 1.29 is 9.32 Å². The van der Waals surface area contributed by atoms with Gasteiger partial charge in [0.1, 0.15) is 0 Å². The zero-order valence-corrected chi connectivity index (χ0v) is 9.95. The third-order valence-electron chi connectivity index (χ3n) is 3.91. The van der Waals surface area contributed by atoms with Crippen molar-refractivity contribution in [3.63, 3.8) is 0 Å². The van der Waals surface area contributed by atoms with Gasteiger partial charge in [-0.1, -0.05) is 30.3 Å². The highest BCUT2D eigenvalue weighted by Gasteiger charge is 2.48. The molecule has 0 saturated carbocycles. The summed E-state index contributed by atoms with van der Waals surface area (Å²) >= 11 is 0. The minimum atomic E-state index is -0.735. The Balaban J connectivity index is 1.94. The fourth-order valence-electron chi connectivity index (χ4n) is 3.07. The van der Waals surface area contributed by atoms with Gasteiger partial charge in [-0.2, -0.15) is 0 Å². The van der Waals surface area contributed by atoms with Gasteiger partial charge in [0, 0.05) is 21.3 Å². The van der Waals surface area contributed by atoms with Gasteiger partial charge in [0.05, 0.1) is 5.60 Å². The fraction of sp³-hybridized carbons (Fsp3) is 0.538. The summed E-state index contributed by atoms with van der Waals surface area (Å²) in [6.45, 7) is 0. The maximum absolute atomic E-state index is 11.9. The van der Waals surface area contributed by atoms with Crippen LogP contribution in [-0.4, -0.2) is 19.8 Å². The molecule has 0 spiro atoms. The normalized spacial score (nSPS) is 42.2. The highest BCUT2D eigenvalue weighted by molar-refractivity contribution is 7.86. The first kappa shape index (κ1) is 10.5. The maximum Gasteiger partial charge on any atom is 0.0919 e. The monoisotopic (exact) mass is 236 g/mol. The molecule has 1 N–H and O–H groups in total. The van der Waals surface area contributed by atoms with Gasteiger partial charge in [0.25, 0.3) is 0 Å². The Morgan fingerprint density at radius 3 is 2.25 bits per heavy atom. The molecule has 16 heavy (non-hydrogen) atoms. The first-order valence-electron chi connectivity index (χ1n) is 5.86. The molecule has 3 rings (SSSR count). The van der Waals surface area contributed by atoms with Crippen LogP contribution in [0.5, 0.6) is 0 Å². The summed E-state index contributed by atoms with van der Waals surface area (Å²) in [6.07, 6.45) is 3.37. The molecule has 2 saturated heterocycles. The van der Waals surface area contributed by atoms with Crippen LogP contribution in [0, 0.1) is 0 Å². The largest absolute Gasteiger partial charge is 0.385 e. The number of hydrogen-bond donors (Lipinski definition) is 1. The van der Waals surface area contributed by atoms with E-state index < -0.39 is 16.4 Å². The molecule has 2 aliphatic heterocycles. The van der Waals surface area contributed by atoms with Crippen LogP contribution < -0.4 is 0 Å². The molecule has 2 bridgehead atoms. The number of benzene rings is 1. The minimum absolute atomic E-state index is 0.212. The van der Waals surface area contributed by atoms with E-state index in [4.69, 9.17) is 0 Å². The molecular weight excluding hydrogens is 220 g/mol. The average Bonchev–Trinajstić information content (AvgIpc) is 2.54. The van der Waals surface area contributed by atoms with E-state index in [9.17, 15) is 9.32 Å². The van der Waals surface area contributed by atoms with Crippen molar-refractivity contribution in [2.24, 2.45) is 0 Å². The van der Waals surface area contributed by atoms with Crippen molar-refractivity contribution >= 4 is 10.8 Å². The van der Waals surface area contributed by atoms with Gasteiger partial charge in [0.15, 0.2) is 0 Å². The van der Waals surface area contributed by atoms with Crippen LogP contribution in [0.4, 0.5) is 0 Å². The molecule has 0 aromatic heterocycles. The van der Waals surface area contributed by atoms with E-state index in [1.54, 1.807) is 0 Å². The van der Waals surface area contributed by atoms with E-state index in [-0.39, 0.29) is 10.5 Å². The molecule has 0 amide bonds. The Morgan fingerprint density at radius 1 is 1.12 bits per heavy atom. The molecule has 1 aromatic rings. The number of hydrogen-bond acceptors (Lipinski definition) is 2. The Labute approximate surface area is 98.1 Å². The van der Waals surface area contributed by atoms with Gasteiger partial charge in [-0.15, -0.1) is 0 Å². The molecule has 0 radical (unpaired) electrons. The smallest absolute Gasteiger partial charge is 0.0919 e. The molecule has 2 atom stereocenters. The summed E-state index contributed by atoms with van der Waals surface area (Å²) in [4.78, 5) is 0. The van der Waals surface area contributed by atoms with Crippen LogP contribution >= 0.6 is 0 Å². The van der Waals surface area contributed by atoms with Crippen LogP contribution in [0.3, 0.4) is 0 Å². The van der Waals surface area contributed by atoms with Crippen LogP contribution in [0.1, 0.15) is 31.2 Å². The third kappa shape index (κ3) is 1.54. The topological polar surface area (TPSA) is 37.3 Å². The summed E-state index contributed by atoms with van der Waals surface area (Å²) in [5.41, 5.74) is 0.254. The number of fused-ring (bicyclic) bond motifs is 2. The summed E-state index contributed by atoms with van der Waals surface area (Å²) in [7, 11) is -0.699. The SMILES string of the molecule is O=S1C2CCC1CC(O)(c1ccccc1)C2. The average molecular weight is 236 g/mol. The maximum atomic E-state index is 11.9. The van der Waals surface area contributed by atoms with Gasteiger partial charge < -0.3 is 5.11 Å². The van der Waals surface area contributed by atoms with Crippen LogP contribution in [0.25, 0.3) is 0 Å². The lowest BCUT2D eigenvalue weighted by Gasteiger charge is -2.36. The van der Waals surface area contributed by atoms with Gasteiger partial charge in [-0.3, -0.25) is 4.21 Å². The summed E-state index contributed by atoms with van der Waals surface area (Å²) in [6, 6.07) is 9.84. The molecule has 2 unspecified atom stereocenters. The quantitative estimate of drug-likeness (QED) is 0.809. The number of aliphatic hydroxyl groups is 1. The lowest BCUT2D eigenvalue weighted by atomic mass is 9.86. The third-order valence-corrected chi connectivity index (χ3v) is 6.03. The Morgan fingerprint density at radius 2 is 1.69 bits per heavy atom. The van der Waals surface area contributed by atoms with Gasteiger partial charge in [0.2, 0.25) is 0 Å². The van der Waals surface area contributed by atoms with Crippen molar-refractivity contribution in [1.29, 1.82) is 0 Å². The summed E-state index contributed by atoms with van der Waals surface area (Å²) < 4.78 is 11.9. The zero-order valence-electron chi connectivity index (χ0n) is 9.13. The second-order valence-electron chi connectivity index (χ2n) is 4.96. The van der Waals surface area contributed by atoms with Crippen LogP contribution in [0.2, 0.25) is 0 Å². The summed E-state index contributed by atoms with van der Waals surface area (Å²) in [5.74, 6) is 0. The van der Waals surface area contributed by atoms with Crippen molar-refractivity contribution in [2.75, 3.05) is 0 Å². The van der Waals surface area contributed by atoms with Gasteiger partial charge >= 0.3 is 0 Å². The lowest BCUT2D eigenvalue weighted by Crippen LogP contribution is -2.40. The Bertz CT molecular complexity index is 399. The second kappa shape index (κ2) is 3.67.